The number of pyridine rings is 1. The van der Waals surface area contributed by atoms with Gasteiger partial charge >= 0.3 is 0 Å². The maximum atomic E-state index is 13.0. The summed E-state index contributed by atoms with van der Waals surface area (Å²) in [6.45, 7) is 3.06. The molecule has 5 nitrogen and oxygen atoms in total. The SMILES string of the molecule is COc1ccnc(N2CCN(c3ccc(F)cc3)CC2)c1C#N. The van der Waals surface area contributed by atoms with Gasteiger partial charge in [-0.15, -0.1) is 0 Å². The van der Waals surface area contributed by atoms with Crippen molar-refractivity contribution in [2.75, 3.05) is 43.1 Å². The van der Waals surface area contributed by atoms with Gasteiger partial charge in [-0.1, -0.05) is 0 Å². The van der Waals surface area contributed by atoms with E-state index in [1.165, 1.54) is 12.1 Å². The van der Waals surface area contributed by atoms with Crippen LogP contribution in [-0.4, -0.2) is 38.3 Å². The summed E-state index contributed by atoms with van der Waals surface area (Å²) in [7, 11) is 1.55. The number of halogens is 1. The summed E-state index contributed by atoms with van der Waals surface area (Å²) in [6.07, 6.45) is 1.65. The molecule has 0 unspecified atom stereocenters. The summed E-state index contributed by atoms with van der Waals surface area (Å²) in [4.78, 5) is 8.63. The Hall–Kier alpha value is -2.81. The fourth-order valence-corrected chi connectivity index (χ4v) is 2.78. The summed E-state index contributed by atoms with van der Waals surface area (Å²) < 4.78 is 18.2. The molecule has 1 aromatic heterocycles. The molecule has 2 aromatic rings. The van der Waals surface area contributed by atoms with Crippen LogP contribution in [-0.2, 0) is 0 Å². The van der Waals surface area contributed by atoms with Crippen molar-refractivity contribution >= 4 is 11.5 Å². The van der Waals surface area contributed by atoms with Gasteiger partial charge in [-0.2, -0.15) is 5.26 Å². The van der Waals surface area contributed by atoms with Crippen molar-refractivity contribution in [3.8, 4) is 11.8 Å². The molecule has 118 valence electrons. The maximum absolute atomic E-state index is 13.0. The monoisotopic (exact) mass is 312 g/mol. The van der Waals surface area contributed by atoms with E-state index in [-0.39, 0.29) is 5.82 Å². The van der Waals surface area contributed by atoms with Crippen LogP contribution in [0.25, 0.3) is 0 Å². The second-order valence-corrected chi connectivity index (χ2v) is 5.27. The van der Waals surface area contributed by atoms with E-state index in [4.69, 9.17) is 4.74 Å². The van der Waals surface area contributed by atoms with Crippen molar-refractivity contribution in [1.82, 2.24) is 4.98 Å². The average molecular weight is 312 g/mol. The molecule has 1 saturated heterocycles. The van der Waals surface area contributed by atoms with Crippen molar-refractivity contribution in [3.63, 3.8) is 0 Å². The summed E-state index contributed by atoms with van der Waals surface area (Å²) in [5.74, 6) is 0.968. The van der Waals surface area contributed by atoms with Crippen LogP contribution in [0.3, 0.4) is 0 Å². The molecule has 2 heterocycles. The van der Waals surface area contributed by atoms with Gasteiger partial charge in [-0.25, -0.2) is 9.37 Å². The predicted octanol–water partition coefficient (Wildman–Crippen LogP) is 2.43. The number of nitrogens with zero attached hydrogens (tertiary/aromatic N) is 4. The molecule has 0 spiro atoms. The van der Waals surface area contributed by atoms with E-state index in [1.54, 1.807) is 31.5 Å². The van der Waals surface area contributed by atoms with Crippen LogP contribution in [0.4, 0.5) is 15.9 Å². The second-order valence-electron chi connectivity index (χ2n) is 5.27. The van der Waals surface area contributed by atoms with Gasteiger partial charge in [0, 0.05) is 38.1 Å². The molecule has 1 aromatic carbocycles. The number of benzene rings is 1. The maximum Gasteiger partial charge on any atom is 0.150 e. The Bertz CT molecular complexity index is 718. The molecule has 1 aliphatic rings. The highest BCUT2D eigenvalue weighted by atomic mass is 19.1. The molecule has 1 aliphatic heterocycles. The standard InChI is InChI=1S/C17H17FN4O/c1-23-16-6-7-20-17(15(16)12-19)22-10-8-21(9-11-22)14-4-2-13(18)3-5-14/h2-7H,8-11H2,1H3. The highest BCUT2D eigenvalue weighted by Gasteiger charge is 2.22. The zero-order valence-corrected chi connectivity index (χ0v) is 12.9. The van der Waals surface area contributed by atoms with Crippen molar-refractivity contribution in [2.24, 2.45) is 0 Å². The van der Waals surface area contributed by atoms with Crippen LogP contribution < -0.4 is 14.5 Å². The van der Waals surface area contributed by atoms with Crippen molar-refractivity contribution in [3.05, 3.63) is 47.9 Å². The van der Waals surface area contributed by atoms with Gasteiger partial charge in [0.1, 0.15) is 29.0 Å². The zero-order chi connectivity index (χ0) is 16.2. The molecule has 0 saturated carbocycles. The van der Waals surface area contributed by atoms with Gasteiger partial charge in [-0.3, -0.25) is 0 Å². The van der Waals surface area contributed by atoms with Gasteiger partial charge in [0.25, 0.3) is 0 Å². The smallest absolute Gasteiger partial charge is 0.150 e. The Balaban J connectivity index is 1.75. The molecule has 0 radical (unpaired) electrons. The van der Waals surface area contributed by atoms with E-state index >= 15 is 0 Å². The van der Waals surface area contributed by atoms with Crippen LogP contribution in [0.15, 0.2) is 36.5 Å². The molecular weight excluding hydrogens is 295 g/mol. The Labute approximate surface area is 134 Å². The number of methoxy groups -OCH3 is 1. The lowest BCUT2D eigenvalue weighted by Gasteiger charge is -2.37. The first-order valence-corrected chi connectivity index (χ1v) is 7.41. The topological polar surface area (TPSA) is 52.4 Å². The lowest BCUT2D eigenvalue weighted by atomic mass is 10.2. The second kappa shape index (κ2) is 6.53. The van der Waals surface area contributed by atoms with Gasteiger partial charge < -0.3 is 14.5 Å². The zero-order valence-electron chi connectivity index (χ0n) is 12.9. The molecular formula is C17H17FN4O. The Kier molecular flexibility index (Phi) is 4.29. The number of aromatic nitrogens is 1. The minimum Gasteiger partial charge on any atom is -0.495 e. The number of piperazine rings is 1. The number of anilines is 2. The number of ether oxygens (including phenoxy) is 1. The van der Waals surface area contributed by atoms with Crippen LogP contribution in [0.5, 0.6) is 5.75 Å². The number of hydrogen-bond donors (Lipinski definition) is 0. The first-order chi connectivity index (χ1) is 11.2. The molecule has 23 heavy (non-hydrogen) atoms. The summed E-state index contributed by atoms with van der Waals surface area (Å²) in [6, 6.07) is 10.4. The molecule has 0 atom stereocenters. The van der Waals surface area contributed by atoms with Gasteiger partial charge in [-0.05, 0) is 30.3 Å². The number of rotatable bonds is 3. The molecule has 0 amide bonds. The largest absolute Gasteiger partial charge is 0.495 e. The molecule has 0 bridgehead atoms. The van der Waals surface area contributed by atoms with E-state index in [9.17, 15) is 9.65 Å². The Morgan fingerprint density at radius 1 is 1.09 bits per heavy atom. The lowest BCUT2D eigenvalue weighted by molar-refractivity contribution is 0.412. The van der Waals surface area contributed by atoms with E-state index in [1.807, 2.05) is 0 Å². The molecule has 6 heteroatoms. The van der Waals surface area contributed by atoms with E-state index in [0.29, 0.717) is 17.1 Å². The summed E-state index contributed by atoms with van der Waals surface area (Å²) in [5.41, 5.74) is 1.47. The van der Waals surface area contributed by atoms with E-state index in [0.717, 1.165) is 31.9 Å². The van der Waals surface area contributed by atoms with E-state index in [2.05, 4.69) is 20.9 Å². The molecule has 3 rings (SSSR count). The van der Waals surface area contributed by atoms with Crippen LogP contribution in [0.1, 0.15) is 5.56 Å². The fraction of sp³-hybridized carbons (Fsp3) is 0.294. The predicted molar refractivity (Wildman–Crippen MR) is 86.3 cm³/mol. The van der Waals surface area contributed by atoms with Gasteiger partial charge in [0.15, 0.2) is 0 Å². The molecule has 1 fully saturated rings. The van der Waals surface area contributed by atoms with Gasteiger partial charge in [0.05, 0.1) is 7.11 Å². The van der Waals surface area contributed by atoms with Crippen LogP contribution in [0.2, 0.25) is 0 Å². The highest BCUT2D eigenvalue weighted by Crippen LogP contribution is 2.27. The van der Waals surface area contributed by atoms with Crippen LogP contribution in [0, 0.1) is 17.1 Å². The minimum atomic E-state index is -0.230. The third-order valence-corrected chi connectivity index (χ3v) is 4.00. The van der Waals surface area contributed by atoms with Crippen molar-refractivity contribution in [2.45, 2.75) is 0 Å². The minimum absolute atomic E-state index is 0.230. The molecule has 0 N–H and O–H groups in total. The third-order valence-electron chi connectivity index (χ3n) is 4.00. The van der Waals surface area contributed by atoms with Crippen molar-refractivity contribution in [1.29, 1.82) is 5.26 Å². The lowest BCUT2D eigenvalue weighted by Crippen LogP contribution is -2.47. The van der Waals surface area contributed by atoms with Crippen molar-refractivity contribution < 1.29 is 9.13 Å². The third kappa shape index (κ3) is 3.04. The quantitative estimate of drug-likeness (QED) is 0.871. The first kappa shape index (κ1) is 15.1. The van der Waals surface area contributed by atoms with Crippen LogP contribution >= 0.6 is 0 Å². The number of nitriles is 1. The Morgan fingerprint density at radius 3 is 2.35 bits per heavy atom. The summed E-state index contributed by atoms with van der Waals surface area (Å²) >= 11 is 0. The Morgan fingerprint density at radius 2 is 1.74 bits per heavy atom. The first-order valence-electron chi connectivity index (χ1n) is 7.41. The molecule has 0 aliphatic carbocycles. The summed E-state index contributed by atoms with van der Waals surface area (Å²) in [5, 5.41) is 9.37. The fourth-order valence-electron chi connectivity index (χ4n) is 2.78. The number of hydrogen-bond acceptors (Lipinski definition) is 5. The van der Waals surface area contributed by atoms with E-state index < -0.39 is 0 Å². The highest BCUT2D eigenvalue weighted by molar-refractivity contribution is 5.61. The normalized spacial score (nSPS) is 14.5. The van der Waals surface area contributed by atoms with Gasteiger partial charge in [0.2, 0.25) is 0 Å². The average Bonchev–Trinajstić information content (AvgIpc) is 2.61.